The number of carbonyl (C=O) groups excluding carboxylic acids is 1. The number of benzene rings is 2. The average Bonchev–Trinajstić information content (AvgIpc) is 2.78. The molecule has 0 aliphatic carbocycles. The van der Waals surface area contributed by atoms with Crippen molar-refractivity contribution in [3.63, 3.8) is 0 Å². The molecule has 31 heavy (non-hydrogen) atoms. The predicted octanol–water partition coefficient (Wildman–Crippen LogP) is 3.99. The van der Waals surface area contributed by atoms with E-state index >= 15 is 0 Å². The third kappa shape index (κ3) is 3.49. The molecule has 5 heteroatoms. The maximum absolute atomic E-state index is 13.8. The molecule has 2 aromatic carbocycles. The summed E-state index contributed by atoms with van der Waals surface area (Å²) in [6.07, 6.45) is 0.743. The number of morpholine rings is 1. The van der Waals surface area contributed by atoms with Crippen molar-refractivity contribution in [3.8, 4) is 22.4 Å². The Morgan fingerprint density at radius 2 is 1.61 bits per heavy atom. The third-order valence-electron chi connectivity index (χ3n) is 6.19. The maximum atomic E-state index is 13.8. The molecule has 5 nitrogen and oxygen atoms in total. The minimum absolute atomic E-state index is 0.0177. The van der Waals surface area contributed by atoms with Gasteiger partial charge in [0.15, 0.2) is 0 Å². The van der Waals surface area contributed by atoms with Gasteiger partial charge in [0.25, 0.3) is 11.5 Å². The maximum Gasteiger partial charge on any atom is 0.258 e. The molecule has 5 rings (SSSR count). The van der Waals surface area contributed by atoms with Gasteiger partial charge in [-0.2, -0.15) is 0 Å². The highest BCUT2D eigenvalue weighted by molar-refractivity contribution is 6.01. The molecule has 1 aromatic heterocycles. The molecular formula is C26H26N2O3. The van der Waals surface area contributed by atoms with Crippen LogP contribution in [0.1, 0.15) is 29.8 Å². The van der Waals surface area contributed by atoms with Gasteiger partial charge in [-0.25, -0.2) is 0 Å². The fraction of sp³-hybridized carbons (Fsp3) is 0.308. The Morgan fingerprint density at radius 3 is 2.35 bits per heavy atom. The number of rotatable bonds is 2. The lowest BCUT2D eigenvalue weighted by Crippen LogP contribution is -2.48. The molecule has 1 fully saturated rings. The van der Waals surface area contributed by atoms with Gasteiger partial charge in [0.1, 0.15) is 0 Å². The lowest BCUT2D eigenvalue weighted by Gasteiger charge is -2.36. The quantitative estimate of drug-likeness (QED) is 0.637. The van der Waals surface area contributed by atoms with Crippen molar-refractivity contribution in [1.82, 2.24) is 9.47 Å². The Labute approximate surface area is 181 Å². The summed E-state index contributed by atoms with van der Waals surface area (Å²) in [5.41, 5.74) is 4.84. The van der Waals surface area contributed by atoms with Gasteiger partial charge in [-0.05, 0) is 37.5 Å². The zero-order valence-corrected chi connectivity index (χ0v) is 17.9. The van der Waals surface area contributed by atoms with Gasteiger partial charge in [0.2, 0.25) is 0 Å². The van der Waals surface area contributed by atoms with Crippen molar-refractivity contribution in [2.45, 2.75) is 39.0 Å². The van der Waals surface area contributed by atoms with E-state index in [-0.39, 0.29) is 23.7 Å². The summed E-state index contributed by atoms with van der Waals surface area (Å²) in [6, 6.07) is 19.5. The minimum Gasteiger partial charge on any atom is -0.372 e. The second-order valence-electron chi connectivity index (χ2n) is 8.52. The first-order chi connectivity index (χ1) is 15.0. The average molecular weight is 415 g/mol. The van der Waals surface area contributed by atoms with Gasteiger partial charge in [-0.1, -0.05) is 54.6 Å². The molecule has 2 aliphatic rings. The monoisotopic (exact) mass is 414 g/mol. The largest absolute Gasteiger partial charge is 0.372 e. The summed E-state index contributed by atoms with van der Waals surface area (Å²) < 4.78 is 7.63. The van der Waals surface area contributed by atoms with Crippen LogP contribution in [0.25, 0.3) is 22.4 Å². The standard InChI is InChI=1S/C26H26N2O3/c1-17-15-27(16-18(2)31-17)25(29)23-14-22(19-8-4-3-5-9-19)26(30)28-13-12-20-10-6-7-11-21(20)24(23)28/h3-11,14,17-18H,12-13,15-16H2,1-2H3/t17-,18+. The number of pyridine rings is 1. The van der Waals surface area contributed by atoms with Crippen LogP contribution in [-0.2, 0) is 17.7 Å². The van der Waals surface area contributed by atoms with Crippen LogP contribution >= 0.6 is 0 Å². The minimum atomic E-state index is -0.0454. The van der Waals surface area contributed by atoms with Crippen molar-refractivity contribution in [2.24, 2.45) is 0 Å². The highest BCUT2D eigenvalue weighted by atomic mass is 16.5. The zero-order valence-electron chi connectivity index (χ0n) is 17.9. The fourth-order valence-electron chi connectivity index (χ4n) is 4.87. The van der Waals surface area contributed by atoms with Crippen molar-refractivity contribution >= 4 is 5.91 Å². The SMILES string of the molecule is C[C@@H]1CN(C(=O)c2cc(-c3ccccc3)c(=O)n3c2-c2ccccc2CC3)C[C@H](C)O1. The van der Waals surface area contributed by atoms with Gasteiger partial charge in [-0.15, -0.1) is 0 Å². The Hall–Kier alpha value is -3.18. The predicted molar refractivity (Wildman–Crippen MR) is 121 cm³/mol. The lowest BCUT2D eigenvalue weighted by atomic mass is 9.92. The van der Waals surface area contributed by atoms with E-state index in [1.807, 2.05) is 67.3 Å². The first-order valence-corrected chi connectivity index (χ1v) is 10.9. The van der Waals surface area contributed by atoms with Crippen molar-refractivity contribution in [1.29, 1.82) is 0 Å². The number of carbonyl (C=O) groups is 1. The summed E-state index contributed by atoms with van der Waals surface area (Å²) >= 11 is 0. The van der Waals surface area contributed by atoms with Gasteiger partial charge in [-0.3, -0.25) is 9.59 Å². The van der Waals surface area contributed by atoms with Gasteiger partial charge in [0.05, 0.1) is 23.5 Å². The van der Waals surface area contributed by atoms with E-state index in [4.69, 9.17) is 4.74 Å². The van der Waals surface area contributed by atoms with Crippen LogP contribution < -0.4 is 5.56 Å². The molecule has 158 valence electrons. The van der Waals surface area contributed by atoms with E-state index in [2.05, 4.69) is 6.07 Å². The highest BCUT2D eigenvalue weighted by Crippen LogP contribution is 2.34. The molecule has 3 heterocycles. The van der Waals surface area contributed by atoms with Crippen molar-refractivity contribution in [2.75, 3.05) is 13.1 Å². The van der Waals surface area contributed by atoms with E-state index < -0.39 is 0 Å². The molecule has 0 saturated carbocycles. The number of nitrogens with zero attached hydrogens (tertiary/aromatic N) is 2. The van der Waals surface area contributed by atoms with Gasteiger partial charge < -0.3 is 14.2 Å². The number of hydrogen-bond donors (Lipinski definition) is 0. The summed E-state index contributed by atoms with van der Waals surface area (Å²) in [4.78, 5) is 29.2. The number of amides is 1. The van der Waals surface area contributed by atoms with E-state index in [1.54, 1.807) is 10.6 Å². The Morgan fingerprint density at radius 1 is 0.935 bits per heavy atom. The van der Waals surface area contributed by atoms with Crippen LogP contribution in [0.2, 0.25) is 0 Å². The van der Waals surface area contributed by atoms with Gasteiger partial charge in [0, 0.05) is 30.8 Å². The molecular weight excluding hydrogens is 388 g/mol. The first-order valence-electron chi connectivity index (χ1n) is 10.9. The molecule has 1 saturated heterocycles. The topological polar surface area (TPSA) is 51.5 Å². The molecule has 0 radical (unpaired) electrons. The Bertz CT molecular complexity index is 1190. The number of aromatic nitrogens is 1. The summed E-state index contributed by atoms with van der Waals surface area (Å²) in [5, 5.41) is 0. The molecule has 0 N–H and O–H groups in total. The first kappa shape index (κ1) is 19.8. The van der Waals surface area contributed by atoms with E-state index in [0.717, 1.165) is 23.2 Å². The zero-order chi connectivity index (χ0) is 21.5. The third-order valence-corrected chi connectivity index (χ3v) is 6.19. The van der Waals surface area contributed by atoms with Crippen LogP contribution in [-0.4, -0.2) is 40.7 Å². The van der Waals surface area contributed by atoms with Gasteiger partial charge >= 0.3 is 0 Å². The summed E-state index contributed by atoms with van der Waals surface area (Å²) in [6.45, 7) is 5.65. The lowest BCUT2D eigenvalue weighted by molar-refractivity contribution is -0.0586. The van der Waals surface area contributed by atoms with Crippen LogP contribution in [0, 0.1) is 0 Å². The molecule has 3 aromatic rings. The molecule has 0 spiro atoms. The van der Waals surface area contributed by atoms with E-state index in [1.165, 1.54) is 5.56 Å². The van der Waals surface area contributed by atoms with Crippen LogP contribution in [0.4, 0.5) is 0 Å². The van der Waals surface area contributed by atoms with E-state index in [9.17, 15) is 9.59 Å². The summed E-state index contributed by atoms with van der Waals surface area (Å²) in [5.74, 6) is -0.0420. The Balaban J connectivity index is 1.73. The number of aryl methyl sites for hydroxylation is 1. The van der Waals surface area contributed by atoms with Crippen LogP contribution in [0.3, 0.4) is 0 Å². The molecule has 2 aliphatic heterocycles. The van der Waals surface area contributed by atoms with Crippen LogP contribution in [0.15, 0.2) is 65.5 Å². The molecule has 0 unspecified atom stereocenters. The van der Waals surface area contributed by atoms with Crippen molar-refractivity contribution in [3.05, 3.63) is 82.1 Å². The van der Waals surface area contributed by atoms with Crippen molar-refractivity contribution < 1.29 is 9.53 Å². The second kappa shape index (κ2) is 7.82. The number of fused-ring (bicyclic) bond motifs is 3. The van der Waals surface area contributed by atoms with E-state index in [0.29, 0.717) is 30.8 Å². The highest BCUT2D eigenvalue weighted by Gasteiger charge is 2.31. The van der Waals surface area contributed by atoms with Crippen LogP contribution in [0.5, 0.6) is 0 Å². The number of ether oxygens (including phenoxy) is 1. The Kier molecular flexibility index (Phi) is 4.98. The smallest absolute Gasteiger partial charge is 0.258 e. The number of hydrogen-bond acceptors (Lipinski definition) is 3. The fourth-order valence-corrected chi connectivity index (χ4v) is 4.87. The molecule has 2 atom stereocenters. The second-order valence-corrected chi connectivity index (χ2v) is 8.52. The normalized spacial score (nSPS) is 20.1. The molecule has 0 bridgehead atoms. The molecule has 1 amide bonds. The summed E-state index contributed by atoms with van der Waals surface area (Å²) in [7, 11) is 0.